The molecule has 0 bridgehead atoms. The molecule has 1 heterocycles. The van der Waals surface area contributed by atoms with E-state index in [1.54, 1.807) is 30.3 Å². The quantitative estimate of drug-likeness (QED) is 0.700. The summed E-state index contributed by atoms with van der Waals surface area (Å²) in [5, 5.41) is 19.5. The van der Waals surface area contributed by atoms with Gasteiger partial charge >= 0.3 is 0 Å². The summed E-state index contributed by atoms with van der Waals surface area (Å²) < 4.78 is 40.3. The molecule has 7 nitrogen and oxygen atoms in total. The van der Waals surface area contributed by atoms with E-state index in [1.165, 1.54) is 25.1 Å². The number of aryl methyl sites for hydroxylation is 1. The fraction of sp³-hybridized carbons (Fsp3) is 0.0556. The zero-order valence-corrected chi connectivity index (χ0v) is 15.0. The second-order valence-corrected chi connectivity index (χ2v) is 7.32. The lowest BCUT2D eigenvalue weighted by Gasteiger charge is -2.09. The molecule has 27 heavy (non-hydrogen) atoms. The molecule has 0 radical (unpaired) electrons. The van der Waals surface area contributed by atoms with Crippen LogP contribution in [0.5, 0.6) is 0 Å². The van der Waals surface area contributed by atoms with Crippen molar-refractivity contribution < 1.29 is 12.8 Å². The van der Waals surface area contributed by atoms with Gasteiger partial charge in [-0.2, -0.15) is 5.26 Å². The first-order chi connectivity index (χ1) is 12.9. The van der Waals surface area contributed by atoms with E-state index < -0.39 is 15.8 Å². The molecule has 0 aliphatic heterocycles. The predicted molar refractivity (Wildman–Crippen MR) is 98.4 cm³/mol. The van der Waals surface area contributed by atoms with Crippen molar-refractivity contribution in [1.82, 2.24) is 10.2 Å². The first kappa shape index (κ1) is 18.3. The Kier molecular flexibility index (Phi) is 5.00. The van der Waals surface area contributed by atoms with Gasteiger partial charge in [0.2, 0.25) is 0 Å². The third-order valence-electron chi connectivity index (χ3n) is 3.63. The molecule has 2 N–H and O–H groups in total. The Labute approximate surface area is 155 Å². The van der Waals surface area contributed by atoms with E-state index in [0.717, 1.165) is 6.07 Å². The van der Waals surface area contributed by atoms with Gasteiger partial charge in [0.15, 0.2) is 11.6 Å². The number of nitriles is 1. The van der Waals surface area contributed by atoms with Crippen LogP contribution in [0.25, 0.3) is 0 Å². The van der Waals surface area contributed by atoms with Gasteiger partial charge in [0.25, 0.3) is 10.0 Å². The fourth-order valence-corrected chi connectivity index (χ4v) is 3.29. The molecule has 0 amide bonds. The molecule has 3 aromatic rings. The molecule has 0 aliphatic carbocycles. The summed E-state index contributed by atoms with van der Waals surface area (Å²) in [6, 6.07) is 15.3. The SMILES string of the molecule is Cc1cc(S(=O)(=O)Nc2ccc(Nc3ccc(C#N)cc3)nn2)ccc1F. The van der Waals surface area contributed by atoms with Crippen molar-refractivity contribution in [1.29, 1.82) is 5.26 Å². The lowest BCUT2D eigenvalue weighted by atomic mass is 10.2. The first-order valence-corrected chi connectivity index (χ1v) is 9.25. The second-order valence-electron chi connectivity index (χ2n) is 5.63. The van der Waals surface area contributed by atoms with Crippen molar-refractivity contribution in [2.75, 3.05) is 10.0 Å². The van der Waals surface area contributed by atoms with Crippen LogP contribution in [0.1, 0.15) is 11.1 Å². The molecular formula is C18H14FN5O2S. The molecule has 136 valence electrons. The van der Waals surface area contributed by atoms with Crippen LogP contribution in [0.3, 0.4) is 0 Å². The monoisotopic (exact) mass is 383 g/mol. The summed E-state index contributed by atoms with van der Waals surface area (Å²) in [5.74, 6) is -0.0467. The Balaban J connectivity index is 1.72. The highest BCUT2D eigenvalue weighted by atomic mass is 32.2. The van der Waals surface area contributed by atoms with Crippen molar-refractivity contribution in [3.8, 4) is 6.07 Å². The number of anilines is 3. The number of aromatic nitrogens is 2. The zero-order chi connectivity index (χ0) is 19.4. The van der Waals surface area contributed by atoms with Gasteiger partial charge in [-0.15, -0.1) is 10.2 Å². The highest BCUT2D eigenvalue weighted by molar-refractivity contribution is 7.92. The molecule has 3 rings (SSSR count). The van der Waals surface area contributed by atoms with Crippen molar-refractivity contribution in [2.24, 2.45) is 0 Å². The van der Waals surface area contributed by atoms with Gasteiger partial charge in [-0.05, 0) is 67.1 Å². The number of nitrogens with one attached hydrogen (secondary N) is 2. The number of halogens is 1. The molecule has 0 unspecified atom stereocenters. The summed E-state index contributed by atoms with van der Waals surface area (Å²) in [6.45, 7) is 1.48. The largest absolute Gasteiger partial charge is 0.339 e. The average molecular weight is 383 g/mol. The molecule has 0 aliphatic rings. The third-order valence-corrected chi connectivity index (χ3v) is 4.98. The van der Waals surface area contributed by atoms with Crippen LogP contribution in [0, 0.1) is 24.1 Å². The Bertz CT molecular complexity index is 1110. The topological polar surface area (TPSA) is 108 Å². The van der Waals surface area contributed by atoms with E-state index in [2.05, 4.69) is 20.2 Å². The summed E-state index contributed by atoms with van der Waals surface area (Å²) in [7, 11) is -3.90. The summed E-state index contributed by atoms with van der Waals surface area (Å²) in [5.41, 5.74) is 1.47. The predicted octanol–water partition coefficient (Wildman–Crippen LogP) is 3.34. The molecule has 0 fully saturated rings. The lowest BCUT2D eigenvalue weighted by molar-refractivity contribution is 0.598. The number of sulfonamides is 1. The minimum absolute atomic E-state index is 0.0300. The van der Waals surface area contributed by atoms with Crippen molar-refractivity contribution in [3.05, 3.63) is 71.5 Å². The number of hydrogen-bond acceptors (Lipinski definition) is 6. The number of hydrogen-bond donors (Lipinski definition) is 2. The Morgan fingerprint density at radius 2 is 1.67 bits per heavy atom. The van der Waals surface area contributed by atoms with Crippen LogP contribution in [0.4, 0.5) is 21.7 Å². The van der Waals surface area contributed by atoms with Gasteiger partial charge in [0, 0.05) is 5.69 Å². The molecule has 0 spiro atoms. The summed E-state index contributed by atoms with van der Waals surface area (Å²) >= 11 is 0. The molecule has 0 atom stereocenters. The van der Waals surface area contributed by atoms with Crippen LogP contribution in [0.2, 0.25) is 0 Å². The molecule has 9 heteroatoms. The fourth-order valence-electron chi connectivity index (χ4n) is 2.21. The first-order valence-electron chi connectivity index (χ1n) is 7.77. The van der Waals surface area contributed by atoms with Gasteiger partial charge in [-0.25, -0.2) is 12.8 Å². The van der Waals surface area contributed by atoms with Gasteiger partial charge in [-0.3, -0.25) is 4.72 Å². The van der Waals surface area contributed by atoms with Gasteiger partial charge in [-0.1, -0.05) is 0 Å². The smallest absolute Gasteiger partial charge is 0.263 e. The molecule has 2 aromatic carbocycles. The van der Waals surface area contributed by atoms with E-state index in [1.807, 2.05) is 6.07 Å². The third kappa shape index (κ3) is 4.37. The molecule has 1 aromatic heterocycles. The lowest BCUT2D eigenvalue weighted by Crippen LogP contribution is -2.14. The zero-order valence-electron chi connectivity index (χ0n) is 14.1. The van der Waals surface area contributed by atoms with Gasteiger partial charge in [0.05, 0.1) is 16.5 Å². The van der Waals surface area contributed by atoms with E-state index in [-0.39, 0.29) is 16.3 Å². The maximum atomic E-state index is 13.3. The average Bonchev–Trinajstić information content (AvgIpc) is 2.66. The molecule has 0 saturated heterocycles. The van der Waals surface area contributed by atoms with Crippen LogP contribution in [0.15, 0.2) is 59.5 Å². The normalized spacial score (nSPS) is 10.9. The maximum absolute atomic E-state index is 13.3. The number of benzene rings is 2. The highest BCUT2D eigenvalue weighted by Crippen LogP contribution is 2.19. The van der Waals surface area contributed by atoms with Gasteiger partial charge < -0.3 is 5.32 Å². The highest BCUT2D eigenvalue weighted by Gasteiger charge is 2.16. The molecule has 0 saturated carbocycles. The molecular weight excluding hydrogens is 369 g/mol. The van der Waals surface area contributed by atoms with E-state index in [0.29, 0.717) is 17.1 Å². The minimum atomic E-state index is -3.90. The minimum Gasteiger partial charge on any atom is -0.339 e. The van der Waals surface area contributed by atoms with E-state index >= 15 is 0 Å². The standard InChI is InChI=1S/C18H14FN5O2S/c1-12-10-15(6-7-16(12)19)27(25,26)24-18-9-8-17(22-23-18)21-14-4-2-13(11-20)3-5-14/h2-10H,1H3,(H,21,22)(H,23,24). The van der Waals surface area contributed by atoms with E-state index in [9.17, 15) is 12.8 Å². The van der Waals surface area contributed by atoms with Gasteiger partial charge in [0.1, 0.15) is 5.82 Å². The van der Waals surface area contributed by atoms with Crippen LogP contribution in [-0.2, 0) is 10.0 Å². The Morgan fingerprint density at radius 3 is 2.26 bits per heavy atom. The van der Waals surface area contributed by atoms with Crippen molar-refractivity contribution in [3.63, 3.8) is 0 Å². The maximum Gasteiger partial charge on any atom is 0.263 e. The Hall–Kier alpha value is -3.51. The van der Waals surface area contributed by atoms with E-state index in [4.69, 9.17) is 5.26 Å². The van der Waals surface area contributed by atoms with Crippen molar-refractivity contribution >= 4 is 27.3 Å². The number of rotatable bonds is 5. The van der Waals surface area contributed by atoms with Crippen LogP contribution < -0.4 is 10.0 Å². The Morgan fingerprint density at radius 1 is 1.00 bits per heavy atom. The summed E-state index contributed by atoms with van der Waals surface area (Å²) in [4.78, 5) is -0.0667. The second kappa shape index (κ2) is 7.39. The number of nitrogens with zero attached hydrogens (tertiary/aromatic N) is 3. The summed E-state index contributed by atoms with van der Waals surface area (Å²) in [6.07, 6.45) is 0. The van der Waals surface area contributed by atoms with Crippen LogP contribution in [-0.4, -0.2) is 18.6 Å². The van der Waals surface area contributed by atoms with Crippen LogP contribution >= 0.6 is 0 Å². The van der Waals surface area contributed by atoms with Crippen molar-refractivity contribution in [2.45, 2.75) is 11.8 Å².